The summed E-state index contributed by atoms with van der Waals surface area (Å²) in [5.41, 5.74) is 1.20. The number of aromatic amines is 1. The molecule has 1 aliphatic heterocycles. The molecule has 1 amide bonds. The van der Waals surface area contributed by atoms with Crippen LogP contribution in [-0.4, -0.2) is 61.8 Å². The minimum Gasteiger partial charge on any atom is -0.347 e. The number of nitrogens with zero attached hydrogens (tertiary/aromatic N) is 5. The second kappa shape index (κ2) is 6.23. The van der Waals surface area contributed by atoms with Gasteiger partial charge in [0.2, 0.25) is 0 Å². The minimum absolute atomic E-state index is 0.0696. The van der Waals surface area contributed by atoms with Crippen LogP contribution in [-0.2, 0) is 0 Å². The molecule has 3 rings (SSSR count). The zero-order valence-corrected chi connectivity index (χ0v) is 12.9. The second-order valence-corrected chi connectivity index (χ2v) is 5.41. The number of piperazine rings is 1. The van der Waals surface area contributed by atoms with Crippen molar-refractivity contribution >= 4 is 5.91 Å². The zero-order valence-electron chi connectivity index (χ0n) is 12.9. The van der Waals surface area contributed by atoms with Crippen molar-refractivity contribution in [2.75, 3.05) is 26.2 Å². The molecule has 0 saturated carbocycles. The fourth-order valence-electron chi connectivity index (χ4n) is 2.77. The van der Waals surface area contributed by atoms with E-state index in [1.165, 1.54) is 0 Å². The molecule has 7 heteroatoms. The normalized spacial score (nSPS) is 19.4. The van der Waals surface area contributed by atoms with Crippen LogP contribution in [0.25, 0.3) is 0 Å². The van der Waals surface area contributed by atoms with Crippen molar-refractivity contribution in [3.8, 4) is 0 Å². The molecule has 1 atom stereocenters. The smallest absolute Gasteiger partial charge is 0.274 e. The van der Waals surface area contributed by atoms with Gasteiger partial charge in [-0.05, 0) is 13.5 Å². The number of H-pyrrole nitrogens is 1. The van der Waals surface area contributed by atoms with E-state index in [1.54, 1.807) is 18.6 Å². The number of aryl methyl sites for hydroxylation is 1. The van der Waals surface area contributed by atoms with Crippen LogP contribution in [0.5, 0.6) is 0 Å². The first kappa shape index (κ1) is 14.6. The van der Waals surface area contributed by atoms with Crippen LogP contribution in [0.1, 0.15) is 35.0 Å². The largest absolute Gasteiger partial charge is 0.347 e. The van der Waals surface area contributed by atoms with Crippen molar-refractivity contribution < 1.29 is 4.79 Å². The number of carbonyl (C=O) groups excluding carboxylic acids is 1. The summed E-state index contributed by atoms with van der Waals surface area (Å²) in [6.07, 6.45) is 6.73. The van der Waals surface area contributed by atoms with Crippen LogP contribution >= 0.6 is 0 Å². The predicted molar refractivity (Wildman–Crippen MR) is 81.2 cm³/mol. The zero-order chi connectivity index (χ0) is 15.5. The molecule has 1 aliphatic rings. The molecule has 0 aliphatic carbocycles. The van der Waals surface area contributed by atoms with Gasteiger partial charge in [0.15, 0.2) is 0 Å². The van der Waals surface area contributed by atoms with Gasteiger partial charge in [0.05, 0.1) is 17.9 Å². The summed E-state index contributed by atoms with van der Waals surface area (Å²) in [7, 11) is 0. The highest BCUT2D eigenvalue weighted by Gasteiger charge is 2.32. The number of amides is 1. The summed E-state index contributed by atoms with van der Waals surface area (Å²) in [6, 6.07) is 0.0936. The Morgan fingerprint density at radius 3 is 2.82 bits per heavy atom. The van der Waals surface area contributed by atoms with Crippen LogP contribution in [0.4, 0.5) is 0 Å². The molecule has 0 radical (unpaired) electrons. The summed E-state index contributed by atoms with van der Waals surface area (Å²) < 4.78 is 0. The predicted octanol–water partition coefficient (Wildman–Crippen LogP) is 1.03. The SMILES string of the molecule is CCN1CCN(C(=O)c2cnc(C)cn2)C[C@@H]1c1ncc[nH]1. The van der Waals surface area contributed by atoms with Gasteiger partial charge in [-0.1, -0.05) is 6.92 Å². The molecule has 1 N–H and O–H groups in total. The Hall–Kier alpha value is -2.28. The van der Waals surface area contributed by atoms with Gasteiger partial charge in [-0.2, -0.15) is 0 Å². The molecular weight excluding hydrogens is 280 g/mol. The molecule has 0 spiro atoms. The van der Waals surface area contributed by atoms with Gasteiger partial charge in [0.25, 0.3) is 5.91 Å². The van der Waals surface area contributed by atoms with Crippen LogP contribution in [0, 0.1) is 6.92 Å². The van der Waals surface area contributed by atoms with Crippen LogP contribution < -0.4 is 0 Å². The monoisotopic (exact) mass is 300 g/mol. The molecule has 2 aromatic rings. The number of rotatable bonds is 3. The van der Waals surface area contributed by atoms with E-state index in [4.69, 9.17) is 0 Å². The van der Waals surface area contributed by atoms with E-state index < -0.39 is 0 Å². The van der Waals surface area contributed by atoms with E-state index in [1.807, 2.05) is 18.0 Å². The van der Waals surface area contributed by atoms with E-state index in [-0.39, 0.29) is 11.9 Å². The molecule has 7 nitrogen and oxygen atoms in total. The highest BCUT2D eigenvalue weighted by atomic mass is 16.2. The number of hydrogen-bond donors (Lipinski definition) is 1. The Balaban J connectivity index is 1.78. The molecule has 3 heterocycles. The lowest BCUT2D eigenvalue weighted by atomic mass is 10.1. The lowest BCUT2D eigenvalue weighted by Crippen LogP contribution is -2.50. The van der Waals surface area contributed by atoms with Crippen molar-refractivity contribution in [1.29, 1.82) is 0 Å². The molecule has 0 aromatic carbocycles. The quantitative estimate of drug-likeness (QED) is 0.916. The fourth-order valence-corrected chi connectivity index (χ4v) is 2.77. The van der Waals surface area contributed by atoms with Gasteiger partial charge in [-0.15, -0.1) is 0 Å². The molecule has 0 unspecified atom stereocenters. The van der Waals surface area contributed by atoms with Gasteiger partial charge in [-0.25, -0.2) is 9.97 Å². The average molecular weight is 300 g/mol. The first-order valence-electron chi connectivity index (χ1n) is 7.50. The van der Waals surface area contributed by atoms with Crippen molar-refractivity contribution in [3.05, 3.63) is 42.0 Å². The Kier molecular flexibility index (Phi) is 4.15. The number of aromatic nitrogens is 4. The number of likely N-dealkylation sites (N-methyl/N-ethyl adjacent to an activating group) is 1. The molecular formula is C15H20N6O. The Morgan fingerprint density at radius 2 is 2.18 bits per heavy atom. The molecule has 2 aromatic heterocycles. The standard InChI is InChI=1S/C15H20N6O/c1-3-20-6-7-21(10-13(20)14-16-4-5-17-14)15(22)12-9-18-11(2)8-19-12/h4-5,8-9,13H,3,6-7,10H2,1-2H3,(H,16,17)/t13-/m1/s1. The third-order valence-electron chi connectivity index (χ3n) is 4.02. The lowest BCUT2D eigenvalue weighted by Gasteiger charge is -2.39. The number of hydrogen-bond acceptors (Lipinski definition) is 5. The van der Waals surface area contributed by atoms with Crippen molar-refractivity contribution in [3.63, 3.8) is 0 Å². The average Bonchev–Trinajstić information content (AvgIpc) is 3.08. The van der Waals surface area contributed by atoms with Crippen LogP contribution in [0.15, 0.2) is 24.8 Å². The maximum Gasteiger partial charge on any atom is 0.274 e. The van der Waals surface area contributed by atoms with Gasteiger partial charge >= 0.3 is 0 Å². The molecule has 1 fully saturated rings. The molecule has 1 saturated heterocycles. The first-order chi connectivity index (χ1) is 10.7. The van der Waals surface area contributed by atoms with Gasteiger partial charge in [0, 0.05) is 38.2 Å². The van der Waals surface area contributed by atoms with Crippen molar-refractivity contribution in [2.24, 2.45) is 0 Å². The summed E-state index contributed by atoms with van der Waals surface area (Å²) in [4.78, 5) is 32.6. The van der Waals surface area contributed by atoms with Crippen molar-refractivity contribution in [2.45, 2.75) is 19.9 Å². The van der Waals surface area contributed by atoms with E-state index in [0.717, 1.165) is 24.6 Å². The van der Waals surface area contributed by atoms with E-state index in [9.17, 15) is 4.79 Å². The highest BCUT2D eigenvalue weighted by molar-refractivity contribution is 5.92. The van der Waals surface area contributed by atoms with Gasteiger partial charge in [0.1, 0.15) is 11.5 Å². The van der Waals surface area contributed by atoms with Crippen molar-refractivity contribution in [1.82, 2.24) is 29.7 Å². The Bertz CT molecular complexity index is 624. The minimum atomic E-state index is -0.0696. The van der Waals surface area contributed by atoms with Crippen LogP contribution in [0.2, 0.25) is 0 Å². The third-order valence-corrected chi connectivity index (χ3v) is 4.02. The topological polar surface area (TPSA) is 78.0 Å². The Morgan fingerprint density at radius 1 is 1.32 bits per heavy atom. The molecule has 22 heavy (non-hydrogen) atoms. The van der Waals surface area contributed by atoms with E-state index in [2.05, 4.69) is 31.8 Å². The highest BCUT2D eigenvalue weighted by Crippen LogP contribution is 2.23. The summed E-state index contributed by atoms with van der Waals surface area (Å²) >= 11 is 0. The number of nitrogens with one attached hydrogen (secondary N) is 1. The van der Waals surface area contributed by atoms with Gasteiger partial charge < -0.3 is 9.88 Å². The third kappa shape index (κ3) is 2.85. The molecule has 116 valence electrons. The van der Waals surface area contributed by atoms with Gasteiger partial charge in [-0.3, -0.25) is 14.7 Å². The number of imidazole rings is 1. The second-order valence-electron chi connectivity index (χ2n) is 5.41. The maximum atomic E-state index is 12.6. The Labute approximate surface area is 129 Å². The number of carbonyl (C=O) groups is 1. The molecule has 0 bridgehead atoms. The fraction of sp³-hybridized carbons (Fsp3) is 0.467. The van der Waals surface area contributed by atoms with Crippen LogP contribution in [0.3, 0.4) is 0 Å². The maximum absolute atomic E-state index is 12.6. The van der Waals surface area contributed by atoms with E-state index >= 15 is 0 Å². The van der Waals surface area contributed by atoms with E-state index in [0.29, 0.717) is 18.8 Å². The summed E-state index contributed by atoms with van der Waals surface area (Å²) in [6.45, 7) is 7.03. The lowest BCUT2D eigenvalue weighted by molar-refractivity contribution is 0.0474. The summed E-state index contributed by atoms with van der Waals surface area (Å²) in [5.74, 6) is 0.828. The summed E-state index contributed by atoms with van der Waals surface area (Å²) in [5, 5.41) is 0. The first-order valence-corrected chi connectivity index (χ1v) is 7.50.